The van der Waals surface area contributed by atoms with E-state index < -0.39 is 5.63 Å². The summed E-state index contributed by atoms with van der Waals surface area (Å²) in [6, 6.07) is 4.78. The fourth-order valence-electron chi connectivity index (χ4n) is 2.86. The van der Waals surface area contributed by atoms with Crippen LogP contribution in [-0.2, 0) is 6.54 Å². The Hall–Kier alpha value is -2.18. The number of phenolic OH excluding ortho intramolecular Hbond substituents is 1. The Morgan fingerprint density at radius 1 is 1.26 bits per heavy atom. The van der Waals surface area contributed by atoms with E-state index in [0.29, 0.717) is 23.1 Å². The molecule has 1 saturated heterocycles. The lowest BCUT2D eigenvalue weighted by atomic mass is 10.1. The minimum Gasteiger partial charge on any atom is -0.507 e. The van der Waals surface area contributed by atoms with Gasteiger partial charge in [0.25, 0.3) is 0 Å². The van der Waals surface area contributed by atoms with Gasteiger partial charge in [-0.05, 0) is 32.2 Å². The third-order valence-electron chi connectivity index (χ3n) is 4.34. The Morgan fingerprint density at radius 3 is 2.61 bits per heavy atom. The van der Waals surface area contributed by atoms with E-state index in [9.17, 15) is 14.7 Å². The van der Waals surface area contributed by atoms with Gasteiger partial charge in [-0.2, -0.15) is 0 Å². The van der Waals surface area contributed by atoms with Gasteiger partial charge in [0.05, 0.1) is 5.56 Å². The molecule has 1 aliphatic heterocycles. The molecule has 1 N–H and O–H groups in total. The largest absolute Gasteiger partial charge is 0.507 e. The van der Waals surface area contributed by atoms with E-state index in [0.717, 1.165) is 26.2 Å². The number of nitrogens with zero attached hydrogens (tertiary/aromatic N) is 2. The summed E-state index contributed by atoms with van der Waals surface area (Å²) in [6.07, 6.45) is 0. The summed E-state index contributed by atoms with van der Waals surface area (Å²) in [5, 5.41) is 10.8. The maximum atomic E-state index is 12.0. The van der Waals surface area contributed by atoms with E-state index >= 15 is 0 Å². The van der Waals surface area contributed by atoms with Crippen LogP contribution in [0.4, 0.5) is 0 Å². The zero-order valence-electron chi connectivity index (χ0n) is 13.3. The highest BCUT2D eigenvalue weighted by Crippen LogP contribution is 2.28. The number of carbonyl (C=O) groups is 1. The SMILES string of the molecule is CC(=O)c1cc2ccc(O)c(CN3CCN(C)CC3)c2oc1=O. The highest BCUT2D eigenvalue weighted by Gasteiger charge is 2.19. The maximum Gasteiger partial charge on any atom is 0.347 e. The number of carbonyl (C=O) groups excluding carboxylic acids is 1. The molecule has 1 fully saturated rings. The predicted molar refractivity (Wildman–Crippen MR) is 86.9 cm³/mol. The molecule has 23 heavy (non-hydrogen) atoms. The number of hydrogen-bond donors (Lipinski definition) is 1. The zero-order valence-corrected chi connectivity index (χ0v) is 13.3. The average Bonchev–Trinajstić information content (AvgIpc) is 2.51. The van der Waals surface area contributed by atoms with E-state index in [1.54, 1.807) is 12.1 Å². The van der Waals surface area contributed by atoms with Crippen molar-refractivity contribution in [1.82, 2.24) is 9.80 Å². The quantitative estimate of drug-likeness (QED) is 0.682. The van der Waals surface area contributed by atoms with Gasteiger partial charge in [-0.15, -0.1) is 0 Å². The first-order valence-electron chi connectivity index (χ1n) is 7.66. The Balaban J connectivity index is 2.02. The smallest absolute Gasteiger partial charge is 0.347 e. The molecule has 1 aromatic heterocycles. The second kappa shape index (κ2) is 6.14. The monoisotopic (exact) mass is 316 g/mol. The number of fused-ring (bicyclic) bond motifs is 1. The minimum atomic E-state index is -0.657. The van der Waals surface area contributed by atoms with Crippen molar-refractivity contribution >= 4 is 16.8 Å². The van der Waals surface area contributed by atoms with Crippen LogP contribution in [0.25, 0.3) is 11.0 Å². The molecule has 0 radical (unpaired) electrons. The van der Waals surface area contributed by atoms with E-state index in [2.05, 4.69) is 16.8 Å². The van der Waals surface area contributed by atoms with Crippen molar-refractivity contribution in [2.75, 3.05) is 33.2 Å². The second-order valence-electron chi connectivity index (χ2n) is 6.06. The fourth-order valence-corrected chi connectivity index (χ4v) is 2.86. The first kappa shape index (κ1) is 15.7. The molecule has 2 aromatic rings. The third kappa shape index (κ3) is 3.13. The van der Waals surface area contributed by atoms with Gasteiger partial charge in [-0.3, -0.25) is 9.69 Å². The van der Waals surface area contributed by atoms with Gasteiger partial charge in [0.15, 0.2) is 5.78 Å². The van der Waals surface area contributed by atoms with Crippen LogP contribution in [0.5, 0.6) is 5.75 Å². The van der Waals surface area contributed by atoms with Crippen LogP contribution in [0.15, 0.2) is 27.4 Å². The van der Waals surface area contributed by atoms with Crippen molar-refractivity contribution in [3.63, 3.8) is 0 Å². The molecule has 0 atom stereocenters. The zero-order chi connectivity index (χ0) is 16.6. The highest BCUT2D eigenvalue weighted by atomic mass is 16.4. The lowest BCUT2D eigenvalue weighted by molar-refractivity contribution is 0.101. The molecule has 0 saturated carbocycles. The summed E-state index contributed by atoms with van der Waals surface area (Å²) < 4.78 is 5.36. The molecule has 1 aliphatic rings. The number of benzene rings is 1. The van der Waals surface area contributed by atoms with Crippen LogP contribution < -0.4 is 5.63 Å². The Labute approximate surface area is 133 Å². The van der Waals surface area contributed by atoms with Crippen molar-refractivity contribution in [3.05, 3.63) is 39.7 Å². The van der Waals surface area contributed by atoms with Crippen LogP contribution in [-0.4, -0.2) is 53.9 Å². The van der Waals surface area contributed by atoms with Crippen LogP contribution in [0.2, 0.25) is 0 Å². The van der Waals surface area contributed by atoms with Gasteiger partial charge in [-0.1, -0.05) is 0 Å². The molecule has 3 rings (SSSR count). The first-order chi connectivity index (χ1) is 11.0. The number of Topliss-reactive ketones (excluding diaryl/α,β-unsaturated/α-hetero) is 1. The van der Waals surface area contributed by atoms with E-state index in [1.165, 1.54) is 13.0 Å². The number of hydrogen-bond acceptors (Lipinski definition) is 6. The topological polar surface area (TPSA) is 74.0 Å². The van der Waals surface area contributed by atoms with E-state index in [-0.39, 0.29) is 17.1 Å². The summed E-state index contributed by atoms with van der Waals surface area (Å²) in [4.78, 5) is 27.9. The molecule has 122 valence electrons. The Bertz CT molecular complexity index is 804. The van der Waals surface area contributed by atoms with Crippen molar-refractivity contribution in [2.45, 2.75) is 13.5 Å². The van der Waals surface area contributed by atoms with Gasteiger partial charge in [-0.25, -0.2) is 4.79 Å². The van der Waals surface area contributed by atoms with Crippen LogP contribution >= 0.6 is 0 Å². The lowest BCUT2D eigenvalue weighted by Gasteiger charge is -2.32. The second-order valence-corrected chi connectivity index (χ2v) is 6.06. The van der Waals surface area contributed by atoms with E-state index in [1.807, 2.05) is 0 Å². The Kier molecular flexibility index (Phi) is 4.19. The molecular formula is C17H20N2O4. The molecule has 0 unspecified atom stereocenters. The van der Waals surface area contributed by atoms with Gasteiger partial charge < -0.3 is 14.4 Å². The van der Waals surface area contributed by atoms with E-state index in [4.69, 9.17) is 4.42 Å². The van der Waals surface area contributed by atoms with Gasteiger partial charge in [0, 0.05) is 38.1 Å². The first-order valence-corrected chi connectivity index (χ1v) is 7.66. The van der Waals surface area contributed by atoms with Gasteiger partial charge in [0.1, 0.15) is 16.9 Å². The van der Waals surface area contributed by atoms with Crippen molar-refractivity contribution in [1.29, 1.82) is 0 Å². The standard InChI is InChI=1S/C17H20N2O4/c1-11(20)13-9-12-3-4-15(21)14(16(12)23-17(13)22)10-19-7-5-18(2)6-8-19/h3-4,9,21H,5-8,10H2,1-2H3. The number of likely N-dealkylation sites (N-methyl/N-ethyl adjacent to an activating group) is 1. The molecule has 6 heteroatoms. The number of ketones is 1. The molecule has 6 nitrogen and oxygen atoms in total. The van der Waals surface area contributed by atoms with Crippen molar-refractivity contribution in [2.24, 2.45) is 0 Å². The third-order valence-corrected chi connectivity index (χ3v) is 4.34. The summed E-state index contributed by atoms with van der Waals surface area (Å²) in [7, 11) is 2.08. The molecule has 0 bridgehead atoms. The summed E-state index contributed by atoms with van der Waals surface area (Å²) >= 11 is 0. The summed E-state index contributed by atoms with van der Waals surface area (Å²) in [5.74, 6) is -0.218. The number of rotatable bonds is 3. The normalized spacial score (nSPS) is 16.8. The molecule has 0 aliphatic carbocycles. The predicted octanol–water partition coefficient (Wildman–Crippen LogP) is 1.45. The summed E-state index contributed by atoms with van der Waals surface area (Å²) in [5.41, 5.74) is 0.335. The van der Waals surface area contributed by atoms with Gasteiger partial charge in [0.2, 0.25) is 0 Å². The number of aromatic hydroxyl groups is 1. The molecule has 1 aromatic carbocycles. The van der Waals surface area contributed by atoms with Crippen molar-refractivity contribution in [3.8, 4) is 5.75 Å². The van der Waals surface area contributed by atoms with Crippen molar-refractivity contribution < 1.29 is 14.3 Å². The molecule has 0 spiro atoms. The Morgan fingerprint density at radius 2 is 1.96 bits per heavy atom. The highest BCUT2D eigenvalue weighted by molar-refractivity contribution is 5.97. The number of piperazine rings is 1. The number of phenols is 1. The molecule has 0 amide bonds. The lowest BCUT2D eigenvalue weighted by Crippen LogP contribution is -2.43. The average molecular weight is 316 g/mol. The molecular weight excluding hydrogens is 296 g/mol. The van der Waals surface area contributed by atoms with Crippen LogP contribution in [0, 0.1) is 0 Å². The minimum absolute atomic E-state index is 0.0359. The summed E-state index contributed by atoms with van der Waals surface area (Å²) in [6.45, 7) is 5.56. The van der Waals surface area contributed by atoms with Crippen LogP contribution in [0.1, 0.15) is 22.8 Å². The van der Waals surface area contributed by atoms with Crippen LogP contribution in [0.3, 0.4) is 0 Å². The fraction of sp³-hybridized carbons (Fsp3) is 0.412. The maximum absolute atomic E-state index is 12.0. The van der Waals surface area contributed by atoms with Gasteiger partial charge >= 0.3 is 5.63 Å². The molecule has 2 heterocycles.